The molecule has 717 valence electrons. The molecule has 12 heterocycles. The van der Waals surface area contributed by atoms with Gasteiger partial charge in [0.05, 0.1) is 114 Å². The average Bonchev–Trinajstić information content (AvgIpc) is 1.61. The summed E-state index contributed by atoms with van der Waals surface area (Å²) in [4.78, 5) is 153. The van der Waals surface area contributed by atoms with Gasteiger partial charge in [0.1, 0.15) is 88.6 Å². The van der Waals surface area contributed by atoms with Crippen molar-refractivity contribution in [3.05, 3.63) is 71.7 Å². The number of benzene rings is 3. The van der Waals surface area contributed by atoms with E-state index in [1.807, 2.05) is 103 Å². The Morgan fingerprint density at radius 2 is 0.742 bits per heavy atom. The van der Waals surface area contributed by atoms with Gasteiger partial charge in [-0.2, -0.15) is 0 Å². The molecule has 6 bridgehead atoms. The smallest absolute Gasteiger partial charge is 0.408 e. The number of alkyl carbamates (subject to hydrolysis) is 3. The number of aromatic nitrogens is 6. The molecule has 3 saturated carbocycles. The largest absolute Gasteiger partial charge is 0.540 e. The van der Waals surface area contributed by atoms with E-state index < -0.39 is 94.7 Å². The Morgan fingerprint density at radius 3 is 1.08 bits per heavy atom. The Kier molecular flexibility index (Phi) is 33.3. The predicted molar refractivity (Wildman–Crippen MR) is 476 cm³/mol. The average molecular weight is 1940 g/mol. The molecule has 6 aromatic rings. The molecule has 3 N–H and O–H groups in total. The zero-order chi connectivity index (χ0) is 90.6. The molecule has 9 aliphatic heterocycles. The number of methoxy groups -OCH3 is 3. The van der Waals surface area contributed by atoms with E-state index in [0.717, 1.165) is 143 Å². The summed E-state index contributed by atoms with van der Waals surface area (Å²) in [6, 6.07) is 11.5. The van der Waals surface area contributed by atoms with E-state index in [-0.39, 0.29) is 133 Å². The van der Waals surface area contributed by atoms with Crippen LogP contribution in [0.5, 0.6) is 34.9 Å². The van der Waals surface area contributed by atoms with Gasteiger partial charge in [0.25, 0.3) is 0 Å². The van der Waals surface area contributed by atoms with Gasteiger partial charge in [0, 0.05) is 100 Å². The molecule has 3 aromatic carbocycles. The number of amides is 6. The van der Waals surface area contributed by atoms with Crippen molar-refractivity contribution in [1.29, 1.82) is 0 Å². The van der Waals surface area contributed by atoms with Gasteiger partial charge in [-0.1, -0.05) is 117 Å². The van der Waals surface area contributed by atoms with Gasteiger partial charge >= 0.3 is 18.3 Å². The summed E-state index contributed by atoms with van der Waals surface area (Å²) in [5.41, 5.74) is 4.05. The molecule has 9 fully saturated rings. The quantitative estimate of drug-likeness (QED) is 0.0756. The molecule has 33 nitrogen and oxygen atoms in total. The van der Waals surface area contributed by atoms with Crippen molar-refractivity contribution in [2.75, 3.05) is 80.6 Å². The second-order valence-electron chi connectivity index (χ2n) is 38.5. The maximum atomic E-state index is 14.3. The number of aryl methyl sites for hydroxylation is 3. The van der Waals surface area contributed by atoms with Crippen LogP contribution < -0.4 is 44.4 Å². The zero-order valence-corrected chi connectivity index (χ0v) is 81.3. The van der Waals surface area contributed by atoms with E-state index in [0.29, 0.717) is 141 Å². The molecule has 0 unspecified atom stereocenters. The fourth-order valence-corrected chi connectivity index (χ4v) is 20.9. The second-order valence-corrected chi connectivity index (χ2v) is 38.5. The summed E-state index contributed by atoms with van der Waals surface area (Å²) in [6.07, 6.45) is 22.6. The number of nitrogens with zero attached hydrogens (tertiary/aromatic N) is 9. The molecule has 3 aromatic heterocycles. The SMILES string of the molecule is CC[C@@H]1[C@@H]2CN(C(=O)[C@H](C3(C)COC3)NC(=O)O[C@@H]3CCC[C@H]3CCCCCc3nc4ccc(OC)cc4nc3O2)[C@@H]1[C-]=O.CC[C@@H]1[C@@H]2CN(C(=O)[C@H](C3(C)COC3)NC(=O)O[C@@H]3C[C@H]3CCCCCc3nc4ccc(OC)cc4nc3O2)[C@@H]1[C-]=O.CC[C@@H]1[C@@H]2CN(C(=O)[C@H](C3(C)COC3)NC(=O)O[C@]3(C)C[C@H]3CCCCCc3nc4ccc(OC)cc4nc3O2)[C@@H]1[C-]=O.[HH].[HH].[HH].[V].[V].[V]. The number of hydrogen-bond acceptors (Lipinski definition) is 27. The van der Waals surface area contributed by atoms with Crippen molar-refractivity contribution in [1.82, 2.24) is 60.6 Å². The van der Waals surface area contributed by atoms with Crippen LogP contribution in [0.15, 0.2) is 54.6 Å². The Hall–Kier alpha value is -8.66. The number of ether oxygens (including phenoxy) is 12. The minimum atomic E-state index is -0.927. The fraction of sp³-hybridized carbons (Fsp3) is 0.656. The van der Waals surface area contributed by atoms with Gasteiger partial charge in [-0.05, 0) is 163 Å². The molecule has 36 heteroatoms. The molecule has 0 spiro atoms. The van der Waals surface area contributed by atoms with Gasteiger partial charge < -0.3 is 102 Å². The molecule has 3 aliphatic carbocycles. The van der Waals surface area contributed by atoms with E-state index >= 15 is 0 Å². The summed E-state index contributed by atoms with van der Waals surface area (Å²) in [6.45, 7) is 15.9. The van der Waals surface area contributed by atoms with Crippen LogP contribution in [0.2, 0.25) is 0 Å². The summed E-state index contributed by atoms with van der Waals surface area (Å²) in [5, 5.41) is 8.60. The number of carbonyl (C=O) groups is 6. The Bertz CT molecular complexity index is 5150. The Labute approximate surface area is 810 Å². The first-order valence-electron chi connectivity index (χ1n) is 46.6. The van der Waals surface area contributed by atoms with Crippen molar-refractivity contribution in [3.63, 3.8) is 0 Å². The molecule has 6 amide bonds. The van der Waals surface area contributed by atoms with Crippen molar-refractivity contribution < 1.29 is 160 Å². The van der Waals surface area contributed by atoms with Crippen molar-refractivity contribution >= 4 is 88.0 Å². The van der Waals surface area contributed by atoms with Crippen molar-refractivity contribution in [2.45, 2.75) is 269 Å². The van der Waals surface area contributed by atoms with Crippen molar-refractivity contribution in [3.8, 4) is 34.9 Å². The first kappa shape index (κ1) is 101. The van der Waals surface area contributed by atoms with Crippen LogP contribution in [0.4, 0.5) is 14.4 Å². The molecular formula is C96H129N12O21V3-3. The molecule has 18 rings (SSSR count). The fourth-order valence-electron chi connectivity index (χ4n) is 20.9. The van der Waals surface area contributed by atoms with Crippen LogP contribution in [0, 0.1) is 51.8 Å². The van der Waals surface area contributed by atoms with Crippen LogP contribution >= 0.6 is 0 Å². The van der Waals surface area contributed by atoms with Crippen LogP contribution in [0.3, 0.4) is 0 Å². The van der Waals surface area contributed by atoms with Gasteiger partial charge in [0.15, 0.2) is 0 Å². The standard InChI is InChI=1S/C33H43N4O7.C32H41N4O7.C31H39N4O7.3V.3H2/c1-4-22-26(17-38)37-16-28(22)43-30-24(34-23-14-13-21(41-3)15-25(23)35-30)11-7-5-6-9-20-10-8-12-27(20)44-32(40)36-29(31(37)39)33(2)18-42-19-33;1-5-21-25(16-37)36-15-26(21)42-28-23(33-22-12-11-20(40-4)13-24(22)34-28)10-8-6-7-9-19-14-32(19,3)43-30(39)35-27(29(36)38)31(2)17-41-18-31;1-4-20-24(15-36)35-14-26(20)41-28-22(32-21-11-10-19(39-3)13-23(21)33-28)9-7-5-6-8-18-12-25(18)42-30(38)34-27(29(35)37)31(2)16-40-17-31;;;;;;/h13-15,20,22,26-29H,4-12,16,18-19H2,1-3H3,(H,36,40);11-13,19,21,25-27H,5-10,14-15,17-18H2,1-4H3,(H,35,39);10-11,13,18,20,24-27H,4-9,12,14,16-17H2,1-3H3,(H,34,38);;;;3*1H/q3*-1;;;;;;/t20-,22+,26-,27-,28+,29-;19-,21+,25-,26+,27-,32-;18-,20+,24-,25-,26+,27-;;;;;;/m111....../s1. The molecule has 132 heavy (non-hydrogen) atoms. The van der Waals surface area contributed by atoms with Gasteiger partial charge in [0.2, 0.25) is 35.4 Å². The summed E-state index contributed by atoms with van der Waals surface area (Å²) < 4.78 is 69.9. The van der Waals surface area contributed by atoms with Crippen molar-refractivity contribution in [2.24, 2.45) is 51.8 Å². The van der Waals surface area contributed by atoms with Gasteiger partial charge in [-0.25, -0.2) is 63.1 Å². The number of hydrogen-bond donors (Lipinski definition) is 3. The van der Waals surface area contributed by atoms with E-state index in [4.69, 9.17) is 86.7 Å². The number of fused-ring (bicyclic) bond motifs is 15. The molecule has 6 saturated heterocycles. The van der Waals surface area contributed by atoms with Gasteiger partial charge in [-0.15, -0.1) is 0 Å². The first-order valence-corrected chi connectivity index (χ1v) is 46.6. The zero-order valence-electron chi connectivity index (χ0n) is 77.1. The minimum Gasteiger partial charge on any atom is -0.540 e. The third-order valence-corrected chi connectivity index (χ3v) is 29.2. The number of nitrogens with one attached hydrogen (secondary N) is 3. The summed E-state index contributed by atoms with van der Waals surface area (Å²) >= 11 is 0. The number of carbonyl (C=O) groups excluding carboxylic acids is 9. The molecule has 18 atom stereocenters. The normalized spacial score (nSPS) is 30.9. The second kappa shape index (κ2) is 43.6. The van der Waals surface area contributed by atoms with E-state index in [1.54, 1.807) is 21.3 Å². The maximum Gasteiger partial charge on any atom is 0.408 e. The maximum absolute atomic E-state index is 14.3. The third kappa shape index (κ3) is 21.7. The van der Waals surface area contributed by atoms with Crippen LogP contribution in [0.25, 0.3) is 33.1 Å². The monoisotopic (exact) mass is 1940 g/mol. The predicted octanol–water partition coefficient (Wildman–Crippen LogP) is 12.0. The summed E-state index contributed by atoms with van der Waals surface area (Å²) in [7, 11) is 4.82. The first-order chi connectivity index (χ1) is 62.3. The molecule has 3 radical (unpaired) electrons. The third-order valence-electron chi connectivity index (χ3n) is 29.2. The number of rotatable bonds is 12. The Balaban J connectivity index is 0.000000205. The van der Waals surface area contributed by atoms with E-state index in [9.17, 15) is 43.2 Å². The van der Waals surface area contributed by atoms with Gasteiger partial charge in [-0.3, -0.25) is 14.4 Å². The molecule has 12 aliphatic rings. The van der Waals surface area contributed by atoms with Crippen LogP contribution in [-0.2, 0) is 132 Å². The van der Waals surface area contributed by atoms with E-state index in [1.165, 1.54) is 14.7 Å². The topological polar surface area (TPSA) is 388 Å². The summed E-state index contributed by atoms with van der Waals surface area (Å²) in [5.74, 6) is 2.13. The Morgan fingerprint density at radius 1 is 0.402 bits per heavy atom. The van der Waals surface area contributed by atoms with E-state index in [2.05, 4.69) is 34.8 Å². The molecular weight excluding hydrogens is 1810 g/mol. The minimum absolute atomic E-state index is 0. The van der Waals surface area contributed by atoms with Crippen LogP contribution in [-0.4, -0.2) is 252 Å². The van der Waals surface area contributed by atoms with Crippen LogP contribution in [0.1, 0.15) is 198 Å².